The van der Waals surface area contributed by atoms with Crippen LogP contribution >= 0.6 is 11.6 Å². The highest BCUT2D eigenvalue weighted by atomic mass is 35.5. The summed E-state index contributed by atoms with van der Waals surface area (Å²) in [6, 6.07) is 10.8. The fourth-order valence-electron chi connectivity index (χ4n) is 2.01. The maximum Gasteiger partial charge on any atom is 0.416 e. The maximum atomic E-state index is 12.4. The Morgan fingerprint density at radius 2 is 1.67 bits per heavy atom. The van der Waals surface area contributed by atoms with Crippen molar-refractivity contribution in [1.29, 1.82) is 0 Å². The molecule has 112 valence electrons. The highest BCUT2D eigenvalue weighted by molar-refractivity contribution is 6.30. The van der Waals surface area contributed by atoms with Crippen LogP contribution in [-0.4, -0.2) is 0 Å². The summed E-state index contributed by atoms with van der Waals surface area (Å²) in [5.74, 6) is 0. The van der Waals surface area contributed by atoms with Crippen molar-refractivity contribution in [2.24, 2.45) is 0 Å². The molecule has 0 aliphatic heterocycles. The number of hydrogen-bond acceptors (Lipinski definition) is 1. The second kappa shape index (κ2) is 6.50. The zero-order chi connectivity index (χ0) is 15.5. The Morgan fingerprint density at radius 3 is 2.24 bits per heavy atom. The molecule has 0 atom stereocenters. The van der Waals surface area contributed by atoms with E-state index in [1.807, 2.05) is 25.1 Å². The van der Waals surface area contributed by atoms with E-state index in [0.29, 0.717) is 18.1 Å². The zero-order valence-electron chi connectivity index (χ0n) is 11.5. The highest BCUT2D eigenvalue weighted by Crippen LogP contribution is 2.29. The van der Waals surface area contributed by atoms with Gasteiger partial charge in [0.15, 0.2) is 0 Å². The molecule has 21 heavy (non-hydrogen) atoms. The Balaban J connectivity index is 1.91. The summed E-state index contributed by atoms with van der Waals surface area (Å²) in [5.41, 5.74) is 2.39. The van der Waals surface area contributed by atoms with E-state index in [1.54, 1.807) is 0 Å². The summed E-state index contributed by atoms with van der Waals surface area (Å²) >= 11 is 5.89. The van der Waals surface area contributed by atoms with Crippen molar-refractivity contribution in [2.75, 3.05) is 0 Å². The lowest BCUT2D eigenvalue weighted by Crippen LogP contribution is -2.14. The number of nitrogens with one attached hydrogen (secondary N) is 1. The fourth-order valence-corrected chi connectivity index (χ4v) is 2.24. The summed E-state index contributed by atoms with van der Waals surface area (Å²) in [6.45, 7) is 3.13. The molecule has 0 aliphatic rings. The molecule has 0 amide bonds. The van der Waals surface area contributed by atoms with Gasteiger partial charge in [-0.15, -0.1) is 0 Å². The second-order valence-electron chi connectivity index (χ2n) is 4.87. The first-order chi connectivity index (χ1) is 9.86. The van der Waals surface area contributed by atoms with Gasteiger partial charge >= 0.3 is 6.18 Å². The Labute approximate surface area is 126 Å². The molecule has 0 saturated carbocycles. The van der Waals surface area contributed by atoms with Crippen LogP contribution in [0.3, 0.4) is 0 Å². The first-order valence-electron chi connectivity index (χ1n) is 6.48. The van der Waals surface area contributed by atoms with E-state index in [1.165, 1.54) is 12.1 Å². The molecule has 0 heterocycles. The number of hydrogen-bond donors (Lipinski definition) is 1. The summed E-state index contributed by atoms with van der Waals surface area (Å²) in [5, 5.41) is 3.91. The smallest absolute Gasteiger partial charge is 0.309 e. The normalized spacial score (nSPS) is 11.7. The molecular formula is C16H15ClF3N. The quantitative estimate of drug-likeness (QED) is 0.841. The lowest BCUT2D eigenvalue weighted by Gasteiger charge is -2.10. The van der Waals surface area contributed by atoms with Gasteiger partial charge in [0.1, 0.15) is 0 Å². The van der Waals surface area contributed by atoms with Crippen LogP contribution in [0.1, 0.15) is 22.3 Å². The largest absolute Gasteiger partial charge is 0.416 e. The Morgan fingerprint density at radius 1 is 1.00 bits per heavy atom. The minimum absolute atomic E-state index is 0.514. The Bertz CT molecular complexity index is 606. The van der Waals surface area contributed by atoms with Crippen molar-refractivity contribution in [2.45, 2.75) is 26.2 Å². The van der Waals surface area contributed by atoms with Crippen LogP contribution in [0.25, 0.3) is 0 Å². The molecule has 0 unspecified atom stereocenters. The number of benzene rings is 2. The van der Waals surface area contributed by atoms with E-state index >= 15 is 0 Å². The van der Waals surface area contributed by atoms with Crippen molar-refractivity contribution in [3.05, 3.63) is 69.7 Å². The van der Waals surface area contributed by atoms with Gasteiger partial charge < -0.3 is 5.32 Å². The number of alkyl halides is 3. The lowest BCUT2D eigenvalue weighted by atomic mass is 10.1. The average Bonchev–Trinajstić information content (AvgIpc) is 2.41. The van der Waals surface area contributed by atoms with Gasteiger partial charge in [-0.3, -0.25) is 0 Å². The molecular weight excluding hydrogens is 299 g/mol. The second-order valence-corrected chi connectivity index (χ2v) is 5.31. The summed E-state index contributed by atoms with van der Waals surface area (Å²) in [7, 11) is 0. The third-order valence-electron chi connectivity index (χ3n) is 3.23. The molecule has 0 saturated heterocycles. The van der Waals surface area contributed by atoms with Gasteiger partial charge in [0, 0.05) is 18.1 Å². The summed E-state index contributed by atoms with van der Waals surface area (Å²) in [4.78, 5) is 0. The van der Waals surface area contributed by atoms with Gasteiger partial charge in [0.25, 0.3) is 0 Å². The molecule has 0 aromatic heterocycles. The molecule has 1 nitrogen and oxygen atoms in total. The van der Waals surface area contributed by atoms with E-state index in [2.05, 4.69) is 5.32 Å². The fraction of sp³-hybridized carbons (Fsp3) is 0.250. The molecule has 0 radical (unpaired) electrons. The van der Waals surface area contributed by atoms with E-state index < -0.39 is 11.7 Å². The average molecular weight is 314 g/mol. The van der Waals surface area contributed by atoms with Crippen LogP contribution in [0.2, 0.25) is 5.02 Å². The van der Waals surface area contributed by atoms with E-state index in [0.717, 1.165) is 28.8 Å². The molecule has 2 aromatic carbocycles. The standard InChI is InChI=1S/C16H15ClF3N/c1-11-8-15(17)7-4-13(11)10-21-9-12-2-5-14(6-3-12)16(18,19)20/h2-8,21H,9-10H2,1H3. The minimum atomic E-state index is -4.29. The number of aryl methyl sites for hydroxylation is 1. The molecule has 1 N–H and O–H groups in total. The van der Waals surface area contributed by atoms with Crippen molar-refractivity contribution >= 4 is 11.6 Å². The molecule has 0 spiro atoms. The molecule has 2 aromatic rings. The van der Waals surface area contributed by atoms with Crippen molar-refractivity contribution in [3.8, 4) is 0 Å². The van der Waals surface area contributed by atoms with Crippen LogP contribution in [-0.2, 0) is 19.3 Å². The predicted octanol–water partition coefficient (Wildman–Crippen LogP) is 4.96. The van der Waals surface area contributed by atoms with Gasteiger partial charge in [-0.05, 0) is 47.9 Å². The van der Waals surface area contributed by atoms with Gasteiger partial charge in [0.05, 0.1) is 5.56 Å². The zero-order valence-corrected chi connectivity index (χ0v) is 12.2. The maximum absolute atomic E-state index is 12.4. The van der Waals surface area contributed by atoms with Crippen molar-refractivity contribution in [3.63, 3.8) is 0 Å². The van der Waals surface area contributed by atoms with Gasteiger partial charge in [-0.25, -0.2) is 0 Å². The topological polar surface area (TPSA) is 12.0 Å². The number of halogens is 4. The third kappa shape index (κ3) is 4.48. The van der Waals surface area contributed by atoms with Crippen LogP contribution in [0.4, 0.5) is 13.2 Å². The summed E-state index contributed by atoms with van der Waals surface area (Å²) < 4.78 is 37.3. The lowest BCUT2D eigenvalue weighted by molar-refractivity contribution is -0.137. The Hall–Kier alpha value is -1.52. The SMILES string of the molecule is Cc1cc(Cl)ccc1CNCc1ccc(C(F)(F)F)cc1. The van der Waals surface area contributed by atoms with Crippen LogP contribution in [0, 0.1) is 6.92 Å². The van der Waals surface area contributed by atoms with Crippen molar-refractivity contribution < 1.29 is 13.2 Å². The molecule has 5 heteroatoms. The molecule has 0 aliphatic carbocycles. The minimum Gasteiger partial charge on any atom is -0.309 e. The van der Waals surface area contributed by atoms with Gasteiger partial charge in [-0.1, -0.05) is 29.8 Å². The van der Waals surface area contributed by atoms with E-state index in [-0.39, 0.29) is 0 Å². The Kier molecular flexibility index (Phi) is 4.91. The predicted molar refractivity (Wildman–Crippen MR) is 78.2 cm³/mol. The van der Waals surface area contributed by atoms with E-state index in [9.17, 15) is 13.2 Å². The van der Waals surface area contributed by atoms with Gasteiger partial charge in [0.2, 0.25) is 0 Å². The highest BCUT2D eigenvalue weighted by Gasteiger charge is 2.29. The molecule has 2 rings (SSSR count). The van der Waals surface area contributed by atoms with E-state index in [4.69, 9.17) is 11.6 Å². The van der Waals surface area contributed by atoms with Crippen LogP contribution < -0.4 is 5.32 Å². The monoisotopic (exact) mass is 313 g/mol. The molecule has 0 bridgehead atoms. The van der Waals surface area contributed by atoms with Crippen molar-refractivity contribution in [1.82, 2.24) is 5.32 Å². The van der Waals surface area contributed by atoms with Crippen LogP contribution in [0.15, 0.2) is 42.5 Å². The van der Waals surface area contributed by atoms with Crippen LogP contribution in [0.5, 0.6) is 0 Å². The third-order valence-corrected chi connectivity index (χ3v) is 3.47. The first kappa shape index (κ1) is 15.9. The molecule has 0 fully saturated rings. The first-order valence-corrected chi connectivity index (χ1v) is 6.86. The number of rotatable bonds is 4. The van der Waals surface area contributed by atoms with Gasteiger partial charge in [-0.2, -0.15) is 13.2 Å². The summed E-state index contributed by atoms with van der Waals surface area (Å²) in [6.07, 6.45) is -4.29.